The van der Waals surface area contributed by atoms with Gasteiger partial charge in [-0.1, -0.05) is 12.1 Å². The van der Waals surface area contributed by atoms with Gasteiger partial charge in [-0.25, -0.2) is 9.97 Å². The normalized spacial score (nSPS) is 17.1. The predicted octanol–water partition coefficient (Wildman–Crippen LogP) is 1.88. The average molecular weight is 312 g/mol. The molecule has 1 saturated heterocycles. The highest BCUT2D eigenvalue weighted by atomic mass is 16.5. The average Bonchev–Trinajstić information content (AvgIpc) is 3.08. The zero-order chi connectivity index (χ0) is 16.1. The van der Waals surface area contributed by atoms with Gasteiger partial charge >= 0.3 is 0 Å². The largest absolute Gasteiger partial charge is 0.381 e. The fraction of sp³-hybridized carbons (Fsp3) is 0.353. The maximum Gasteiger partial charge on any atom is 0.251 e. The summed E-state index contributed by atoms with van der Waals surface area (Å²) < 4.78 is 5.33. The molecule has 3 rings (SSSR count). The van der Waals surface area contributed by atoms with Crippen molar-refractivity contribution in [3.8, 4) is 11.3 Å². The summed E-state index contributed by atoms with van der Waals surface area (Å²) in [5.74, 6) is 0.749. The summed E-state index contributed by atoms with van der Waals surface area (Å²) in [6.45, 7) is 2.33. The molecule has 1 amide bonds. The van der Waals surface area contributed by atoms with Crippen LogP contribution >= 0.6 is 0 Å². The summed E-state index contributed by atoms with van der Waals surface area (Å²) in [7, 11) is 0. The maximum absolute atomic E-state index is 12.1. The lowest BCUT2D eigenvalue weighted by Gasteiger charge is -2.09. The topological polar surface area (TPSA) is 90.1 Å². The second kappa shape index (κ2) is 7.19. The first-order chi connectivity index (χ1) is 11.2. The number of rotatable bonds is 5. The van der Waals surface area contributed by atoms with E-state index >= 15 is 0 Å². The van der Waals surface area contributed by atoms with Crippen molar-refractivity contribution < 1.29 is 9.53 Å². The number of amides is 1. The molecule has 1 atom stereocenters. The smallest absolute Gasteiger partial charge is 0.251 e. The zero-order valence-electron chi connectivity index (χ0n) is 12.9. The standard InChI is InChI=1S/C17H20N4O2/c18-17-20-9-6-15(21-17)13-1-3-14(4-2-13)16(22)19-8-5-12-7-10-23-11-12/h1-4,6,9,12H,5,7-8,10-11H2,(H,19,22)(H2,18,20,21)/t12-/m1/s1. The molecule has 0 saturated carbocycles. The van der Waals surface area contributed by atoms with Crippen LogP contribution in [-0.4, -0.2) is 35.6 Å². The van der Waals surface area contributed by atoms with Crippen LogP contribution in [0.2, 0.25) is 0 Å². The minimum absolute atomic E-state index is 0.0577. The molecule has 2 aromatic rings. The number of hydrogen-bond acceptors (Lipinski definition) is 5. The molecule has 1 aliphatic rings. The van der Waals surface area contributed by atoms with Gasteiger partial charge in [0.1, 0.15) is 0 Å². The van der Waals surface area contributed by atoms with Crippen LogP contribution in [0.5, 0.6) is 0 Å². The summed E-state index contributed by atoms with van der Waals surface area (Å²) >= 11 is 0. The van der Waals surface area contributed by atoms with Crippen LogP contribution in [0.15, 0.2) is 36.5 Å². The van der Waals surface area contributed by atoms with E-state index in [-0.39, 0.29) is 11.9 Å². The Hall–Kier alpha value is -2.47. The molecular weight excluding hydrogens is 292 g/mol. The number of nitrogens with one attached hydrogen (secondary N) is 1. The van der Waals surface area contributed by atoms with E-state index in [4.69, 9.17) is 10.5 Å². The lowest BCUT2D eigenvalue weighted by molar-refractivity contribution is 0.0950. The second-order valence-corrected chi connectivity index (χ2v) is 5.65. The molecule has 1 aromatic heterocycles. The quantitative estimate of drug-likeness (QED) is 0.880. The van der Waals surface area contributed by atoms with Gasteiger partial charge in [-0.05, 0) is 37.0 Å². The molecule has 0 unspecified atom stereocenters. The summed E-state index contributed by atoms with van der Waals surface area (Å²) in [6.07, 6.45) is 3.67. The Kier molecular flexibility index (Phi) is 4.83. The molecule has 0 spiro atoms. The first-order valence-corrected chi connectivity index (χ1v) is 7.77. The van der Waals surface area contributed by atoms with Gasteiger partial charge in [0.15, 0.2) is 0 Å². The van der Waals surface area contributed by atoms with Crippen LogP contribution < -0.4 is 11.1 Å². The first-order valence-electron chi connectivity index (χ1n) is 7.77. The van der Waals surface area contributed by atoms with Crippen LogP contribution in [0.3, 0.4) is 0 Å². The van der Waals surface area contributed by atoms with E-state index in [0.717, 1.165) is 37.3 Å². The number of hydrogen-bond donors (Lipinski definition) is 2. The molecule has 0 aliphatic carbocycles. The van der Waals surface area contributed by atoms with E-state index in [1.807, 2.05) is 12.1 Å². The van der Waals surface area contributed by atoms with Crippen LogP contribution in [0.25, 0.3) is 11.3 Å². The van der Waals surface area contributed by atoms with E-state index in [0.29, 0.717) is 18.0 Å². The van der Waals surface area contributed by atoms with Crippen molar-refractivity contribution in [3.05, 3.63) is 42.1 Å². The number of anilines is 1. The third-order valence-corrected chi connectivity index (χ3v) is 3.98. The van der Waals surface area contributed by atoms with Crippen molar-refractivity contribution in [2.24, 2.45) is 5.92 Å². The molecule has 1 fully saturated rings. The third-order valence-electron chi connectivity index (χ3n) is 3.98. The Morgan fingerprint density at radius 2 is 2.13 bits per heavy atom. The number of ether oxygens (including phenoxy) is 1. The van der Waals surface area contributed by atoms with Crippen LogP contribution in [0.1, 0.15) is 23.2 Å². The van der Waals surface area contributed by atoms with Gasteiger partial charge in [-0.3, -0.25) is 4.79 Å². The maximum atomic E-state index is 12.1. The van der Waals surface area contributed by atoms with E-state index < -0.39 is 0 Å². The number of carbonyl (C=O) groups is 1. The van der Waals surface area contributed by atoms with Gasteiger partial charge in [0.25, 0.3) is 5.91 Å². The highest BCUT2D eigenvalue weighted by molar-refractivity contribution is 5.94. The third kappa shape index (κ3) is 4.04. The molecule has 0 radical (unpaired) electrons. The minimum Gasteiger partial charge on any atom is -0.381 e. The predicted molar refractivity (Wildman–Crippen MR) is 87.8 cm³/mol. The van der Waals surface area contributed by atoms with Gasteiger partial charge in [0.05, 0.1) is 5.69 Å². The van der Waals surface area contributed by atoms with Gasteiger partial charge in [-0.15, -0.1) is 0 Å². The molecule has 6 heteroatoms. The highest BCUT2D eigenvalue weighted by Crippen LogP contribution is 2.18. The molecule has 6 nitrogen and oxygen atoms in total. The summed E-state index contributed by atoms with van der Waals surface area (Å²) in [4.78, 5) is 20.2. The Labute approximate surface area is 135 Å². The van der Waals surface area contributed by atoms with Crippen molar-refractivity contribution in [1.82, 2.24) is 15.3 Å². The summed E-state index contributed by atoms with van der Waals surface area (Å²) in [6, 6.07) is 9.10. The van der Waals surface area contributed by atoms with Crippen molar-refractivity contribution in [2.75, 3.05) is 25.5 Å². The van der Waals surface area contributed by atoms with E-state index in [2.05, 4.69) is 15.3 Å². The summed E-state index contributed by atoms with van der Waals surface area (Å²) in [5, 5.41) is 2.95. The Morgan fingerprint density at radius 1 is 1.30 bits per heavy atom. The van der Waals surface area contributed by atoms with E-state index in [9.17, 15) is 4.79 Å². The van der Waals surface area contributed by atoms with Gasteiger partial charge < -0.3 is 15.8 Å². The molecule has 120 valence electrons. The number of nitrogen functional groups attached to an aromatic ring is 1. The van der Waals surface area contributed by atoms with Crippen LogP contribution in [0, 0.1) is 5.92 Å². The first kappa shape index (κ1) is 15.4. The lowest BCUT2D eigenvalue weighted by Crippen LogP contribution is -2.26. The molecule has 0 bridgehead atoms. The molecule has 3 N–H and O–H groups in total. The van der Waals surface area contributed by atoms with Crippen molar-refractivity contribution >= 4 is 11.9 Å². The molecule has 1 aromatic carbocycles. The van der Waals surface area contributed by atoms with Crippen molar-refractivity contribution in [2.45, 2.75) is 12.8 Å². The number of aromatic nitrogens is 2. The highest BCUT2D eigenvalue weighted by Gasteiger charge is 2.15. The fourth-order valence-electron chi connectivity index (χ4n) is 2.63. The van der Waals surface area contributed by atoms with E-state index in [1.165, 1.54) is 0 Å². The van der Waals surface area contributed by atoms with E-state index in [1.54, 1.807) is 24.4 Å². The van der Waals surface area contributed by atoms with Crippen molar-refractivity contribution in [1.29, 1.82) is 0 Å². The van der Waals surface area contributed by atoms with Gasteiger partial charge in [0.2, 0.25) is 5.95 Å². The monoisotopic (exact) mass is 312 g/mol. The number of carbonyl (C=O) groups excluding carboxylic acids is 1. The van der Waals surface area contributed by atoms with Crippen LogP contribution in [-0.2, 0) is 4.74 Å². The fourth-order valence-corrected chi connectivity index (χ4v) is 2.63. The number of nitrogens with zero attached hydrogens (tertiary/aromatic N) is 2. The summed E-state index contributed by atoms with van der Waals surface area (Å²) in [5.41, 5.74) is 7.87. The molecule has 1 aliphatic heterocycles. The minimum atomic E-state index is -0.0577. The molecular formula is C17H20N4O2. The zero-order valence-corrected chi connectivity index (χ0v) is 12.9. The Morgan fingerprint density at radius 3 is 2.83 bits per heavy atom. The number of nitrogens with two attached hydrogens (primary N) is 1. The van der Waals surface area contributed by atoms with Gasteiger partial charge in [0, 0.05) is 37.1 Å². The Bertz CT molecular complexity index is 667. The van der Waals surface area contributed by atoms with Gasteiger partial charge in [-0.2, -0.15) is 0 Å². The molecule has 23 heavy (non-hydrogen) atoms. The number of benzene rings is 1. The SMILES string of the molecule is Nc1nccc(-c2ccc(C(=O)NCC[C@@H]3CCOC3)cc2)n1. The molecule has 2 heterocycles. The Balaban J connectivity index is 1.56. The van der Waals surface area contributed by atoms with Crippen molar-refractivity contribution in [3.63, 3.8) is 0 Å². The second-order valence-electron chi connectivity index (χ2n) is 5.65. The van der Waals surface area contributed by atoms with Crippen LogP contribution in [0.4, 0.5) is 5.95 Å². The lowest BCUT2D eigenvalue weighted by atomic mass is 10.1.